The summed E-state index contributed by atoms with van der Waals surface area (Å²) in [7, 11) is 0. The summed E-state index contributed by atoms with van der Waals surface area (Å²) in [6.45, 7) is 5.90. The number of aliphatic hydroxyl groups is 1. The molecular formula is C13H21N3O3. The highest BCUT2D eigenvalue weighted by atomic mass is 16.5. The minimum Gasteiger partial charge on any atom is -0.386 e. The lowest BCUT2D eigenvalue weighted by Crippen LogP contribution is -2.39. The van der Waals surface area contributed by atoms with E-state index in [-0.39, 0.29) is 17.9 Å². The van der Waals surface area contributed by atoms with E-state index in [9.17, 15) is 9.90 Å². The van der Waals surface area contributed by atoms with Crippen molar-refractivity contribution in [3.8, 4) is 0 Å². The van der Waals surface area contributed by atoms with Crippen LogP contribution in [0.15, 0.2) is 17.2 Å². The molecule has 0 aromatic carbocycles. The molecule has 0 radical (unpaired) electrons. The molecule has 0 aliphatic carbocycles. The Balaban J connectivity index is 2.06. The number of anilines is 1. The number of rotatable bonds is 5. The molecule has 1 aromatic heterocycles. The van der Waals surface area contributed by atoms with Crippen LogP contribution in [0.25, 0.3) is 0 Å². The van der Waals surface area contributed by atoms with Crippen LogP contribution < -0.4 is 10.9 Å². The van der Waals surface area contributed by atoms with Crippen LogP contribution in [0.2, 0.25) is 0 Å². The molecule has 6 nitrogen and oxygen atoms in total. The van der Waals surface area contributed by atoms with Crippen molar-refractivity contribution in [3.63, 3.8) is 0 Å². The second-order valence-electron chi connectivity index (χ2n) is 5.51. The Morgan fingerprint density at radius 1 is 1.63 bits per heavy atom. The SMILES string of the molecule is CC(C)Cn1ccnc(NCC2(O)CCOC2)c1=O. The Bertz CT molecular complexity index is 478. The summed E-state index contributed by atoms with van der Waals surface area (Å²) in [5, 5.41) is 13.1. The van der Waals surface area contributed by atoms with Crippen molar-refractivity contribution in [2.24, 2.45) is 5.92 Å². The van der Waals surface area contributed by atoms with Gasteiger partial charge in [0.2, 0.25) is 0 Å². The lowest BCUT2D eigenvalue weighted by Gasteiger charge is -2.21. The third-order valence-electron chi connectivity index (χ3n) is 3.14. The van der Waals surface area contributed by atoms with Crippen LogP contribution in [0.1, 0.15) is 20.3 Å². The summed E-state index contributed by atoms with van der Waals surface area (Å²) in [4.78, 5) is 16.2. The van der Waals surface area contributed by atoms with E-state index in [0.29, 0.717) is 32.1 Å². The first-order chi connectivity index (χ1) is 9.00. The van der Waals surface area contributed by atoms with Gasteiger partial charge in [-0.1, -0.05) is 13.8 Å². The molecule has 1 saturated heterocycles. The van der Waals surface area contributed by atoms with Crippen LogP contribution in [0.5, 0.6) is 0 Å². The van der Waals surface area contributed by atoms with Gasteiger partial charge >= 0.3 is 0 Å². The molecule has 1 aliphatic rings. The van der Waals surface area contributed by atoms with Crippen LogP contribution in [0.3, 0.4) is 0 Å². The predicted molar refractivity (Wildman–Crippen MR) is 72.2 cm³/mol. The summed E-state index contributed by atoms with van der Waals surface area (Å²) >= 11 is 0. The van der Waals surface area contributed by atoms with Crippen LogP contribution in [0, 0.1) is 5.92 Å². The van der Waals surface area contributed by atoms with E-state index in [0.717, 1.165) is 0 Å². The molecule has 19 heavy (non-hydrogen) atoms. The Kier molecular flexibility index (Phi) is 4.21. The van der Waals surface area contributed by atoms with E-state index in [1.54, 1.807) is 17.0 Å². The number of hydrogen-bond acceptors (Lipinski definition) is 5. The summed E-state index contributed by atoms with van der Waals surface area (Å²) in [5.74, 6) is 0.670. The lowest BCUT2D eigenvalue weighted by molar-refractivity contribution is 0.0381. The molecule has 0 amide bonds. The molecule has 0 saturated carbocycles. The molecule has 0 spiro atoms. The van der Waals surface area contributed by atoms with Gasteiger partial charge in [-0.25, -0.2) is 4.98 Å². The lowest BCUT2D eigenvalue weighted by atomic mass is 10.0. The standard InChI is InChI=1S/C13H21N3O3/c1-10(2)7-16-5-4-14-11(12(16)17)15-8-13(18)3-6-19-9-13/h4-5,10,18H,3,6-9H2,1-2H3,(H,14,15). The van der Waals surface area contributed by atoms with Gasteiger partial charge in [0, 0.05) is 38.5 Å². The van der Waals surface area contributed by atoms with Gasteiger partial charge in [-0.15, -0.1) is 0 Å². The monoisotopic (exact) mass is 267 g/mol. The number of aromatic nitrogens is 2. The van der Waals surface area contributed by atoms with E-state index >= 15 is 0 Å². The van der Waals surface area contributed by atoms with Gasteiger partial charge < -0.3 is 19.7 Å². The minimum absolute atomic E-state index is 0.154. The zero-order valence-corrected chi connectivity index (χ0v) is 11.4. The van der Waals surface area contributed by atoms with E-state index < -0.39 is 5.60 Å². The van der Waals surface area contributed by atoms with Gasteiger partial charge in [-0.2, -0.15) is 0 Å². The fraction of sp³-hybridized carbons (Fsp3) is 0.692. The molecule has 106 valence electrons. The van der Waals surface area contributed by atoms with Crippen LogP contribution >= 0.6 is 0 Å². The Labute approximate surface area is 112 Å². The van der Waals surface area contributed by atoms with Crippen molar-refractivity contribution in [3.05, 3.63) is 22.7 Å². The first-order valence-corrected chi connectivity index (χ1v) is 6.60. The topological polar surface area (TPSA) is 76.4 Å². The summed E-state index contributed by atoms with van der Waals surface area (Å²) in [5.41, 5.74) is -1.05. The Hall–Kier alpha value is -1.40. The zero-order valence-electron chi connectivity index (χ0n) is 11.4. The molecule has 1 fully saturated rings. The van der Waals surface area contributed by atoms with Crippen molar-refractivity contribution < 1.29 is 9.84 Å². The average molecular weight is 267 g/mol. The third-order valence-corrected chi connectivity index (χ3v) is 3.14. The normalized spacial score (nSPS) is 22.9. The second kappa shape index (κ2) is 5.71. The maximum absolute atomic E-state index is 12.1. The molecular weight excluding hydrogens is 246 g/mol. The first-order valence-electron chi connectivity index (χ1n) is 6.60. The molecule has 2 heterocycles. The van der Waals surface area contributed by atoms with E-state index in [2.05, 4.69) is 24.1 Å². The summed E-state index contributed by atoms with van der Waals surface area (Å²) < 4.78 is 6.80. The van der Waals surface area contributed by atoms with Gasteiger partial charge in [0.1, 0.15) is 5.60 Å². The van der Waals surface area contributed by atoms with Gasteiger partial charge in [0.15, 0.2) is 5.82 Å². The van der Waals surface area contributed by atoms with Gasteiger partial charge in [0.05, 0.1) is 6.61 Å². The second-order valence-corrected chi connectivity index (χ2v) is 5.51. The quantitative estimate of drug-likeness (QED) is 0.810. The van der Waals surface area contributed by atoms with Crippen molar-refractivity contribution in [2.45, 2.75) is 32.4 Å². The third kappa shape index (κ3) is 3.54. The Morgan fingerprint density at radius 3 is 3.05 bits per heavy atom. The fourth-order valence-electron chi connectivity index (χ4n) is 2.09. The van der Waals surface area contributed by atoms with E-state index in [4.69, 9.17) is 4.74 Å². The molecule has 1 aromatic rings. The predicted octanol–water partition coefficient (Wildman–Crippen LogP) is 0.463. The van der Waals surface area contributed by atoms with Crippen molar-refractivity contribution >= 4 is 5.82 Å². The zero-order chi connectivity index (χ0) is 13.9. The van der Waals surface area contributed by atoms with Gasteiger partial charge in [-0.3, -0.25) is 4.79 Å². The molecule has 2 rings (SSSR count). The van der Waals surface area contributed by atoms with Gasteiger partial charge in [-0.05, 0) is 5.92 Å². The van der Waals surface area contributed by atoms with Crippen LogP contribution in [-0.2, 0) is 11.3 Å². The highest BCUT2D eigenvalue weighted by Gasteiger charge is 2.32. The number of ether oxygens (including phenoxy) is 1. The average Bonchev–Trinajstić information content (AvgIpc) is 2.77. The molecule has 1 unspecified atom stereocenters. The van der Waals surface area contributed by atoms with E-state index in [1.807, 2.05) is 0 Å². The fourth-order valence-corrected chi connectivity index (χ4v) is 2.09. The number of nitrogens with zero attached hydrogens (tertiary/aromatic N) is 2. The smallest absolute Gasteiger partial charge is 0.293 e. The van der Waals surface area contributed by atoms with E-state index in [1.165, 1.54) is 0 Å². The summed E-state index contributed by atoms with van der Waals surface area (Å²) in [6.07, 6.45) is 3.86. The molecule has 1 aliphatic heterocycles. The van der Waals surface area contributed by atoms with Crippen molar-refractivity contribution in [1.82, 2.24) is 9.55 Å². The van der Waals surface area contributed by atoms with Crippen molar-refractivity contribution in [1.29, 1.82) is 0 Å². The van der Waals surface area contributed by atoms with Crippen LogP contribution in [-0.4, -0.2) is 40.0 Å². The number of hydrogen-bond donors (Lipinski definition) is 2. The largest absolute Gasteiger partial charge is 0.386 e. The maximum atomic E-state index is 12.1. The highest BCUT2D eigenvalue weighted by molar-refractivity contribution is 5.31. The Morgan fingerprint density at radius 2 is 2.42 bits per heavy atom. The maximum Gasteiger partial charge on any atom is 0.293 e. The highest BCUT2D eigenvalue weighted by Crippen LogP contribution is 2.18. The van der Waals surface area contributed by atoms with Gasteiger partial charge in [0.25, 0.3) is 5.56 Å². The van der Waals surface area contributed by atoms with Crippen molar-refractivity contribution in [2.75, 3.05) is 25.1 Å². The molecule has 0 bridgehead atoms. The minimum atomic E-state index is -0.896. The summed E-state index contributed by atoms with van der Waals surface area (Å²) in [6, 6.07) is 0. The molecule has 6 heteroatoms. The molecule has 2 N–H and O–H groups in total. The molecule has 1 atom stereocenters. The number of nitrogens with one attached hydrogen (secondary N) is 1. The first kappa shape index (κ1) is 14.0. The van der Waals surface area contributed by atoms with Crippen LogP contribution in [0.4, 0.5) is 5.82 Å².